The molecule has 3 aliphatic rings. The van der Waals surface area contributed by atoms with Crippen LogP contribution in [0.4, 0.5) is 0 Å². The predicted molar refractivity (Wildman–Crippen MR) is 105 cm³/mol. The monoisotopic (exact) mass is 387 g/mol. The summed E-state index contributed by atoms with van der Waals surface area (Å²) in [6, 6.07) is 2.51. The van der Waals surface area contributed by atoms with E-state index in [1.807, 2.05) is 0 Å². The Labute approximate surface area is 165 Å². The summed E-state index contributed by atoms with van der Waals surface area (Å²) in [5, 5.41) is 15.6. The van der Waals surface area contributed by atoms with Crippen LogP contribution in [0.1, 0.15) is 53.5 Å². The predicted octanol–water partition coefficient (Wildman–Crippen LogP) is 2.95. The Morgan fingerprint density at radius 1 is 0.893 bits per heavy atom. The quantitative estimate of drug-likeness (QED) is 0.730. The standard InChI is InChI=1S/C18H25NO.C4H4O4/c1-2-10-19(9-1)13-20-12-18-16-7-3-5-14(16)11-15-6-4-8-17(15)18;5-3(6)1-2-4(7)8/h11H,1-10,12-13H2;1-2H,(H,5,6)(H,7,8)/b;2-1-. The molecule has 0 aromatic heterocycles. The molecule has 0 saturated carbocycles. The van der Waals surface area contributed by atoms with Crippen molar-refractivity contribution in [3.05, 3.63) is 46.0 Å². The molecule has 6 nitrogen and oxygen atoms in total. The molecule has 1 heterocycles. The summed E-state index contributed by atoms with van der Waals surface area (Å²) in [5.41, 5.74) is 8.13. The molecule has 2 aliphatic carbocycles. The maximum atomic E-state index is 9.55. The third kappa shape index (κ3) is 5.42. The zero-order valence-corrected chi connectivity index (χ0v) is 16.3. The number of ether oxygens (including phenoxy) is 1. The number of aliphatic carboxylic acids is 2. The summed E-state index contributed by atoms with van der Waals surface area (Å²) in [7, 11) is 0. The fraction of sp³-hybridized carbons (Fsp3) is 0.545. The highest BCUT2D eigenvalue weighted by molar-refractivity contribution is 5.89. The van der Waals surface area contributed by atoms with E-state index in [-0.39, 0.29) is 0 Å². The summed E-state index contributed by atoms with van der Waals surface area (Å²) in [6.45, 7) is 4.14. The molecular weight excluding hydrogens is 358 g/mol. The maximum absolute atomic E-state index is 9.55. The van der Waals surface area contributed by atoms with Crippen LogP contribution in [-0.2, 0) is 46.6 Å². The molecule has 1 aromatic carbocycles. The number of carboxylic acid groups (broad SMARTS) is 2. The second-order valence-electron chi connectivity index (χ2n) is 7.65. The lowest BCUT2D eigenvalue weighted by molar-refractivity contribution is -0.134. The number of nitrogens with zero attached hydrogens (tertiary/aromatic N) is 1. The van der Waals surface area contributed by atoms with Gasteiger partial charge in [0, 0.05) is 25.2 Å². The van der Waals surface area contributed by atoms with Crippen molar-refractivity contribution in [2.45, 2.75) is 58.0 Å². The summed E-state index contributed by atoms with van der Waals surface area (Å²) in [5.74, 6) is -2.51. The zero-order valence-electron chi connectivity index (χ0n) is 16.3. The average molecular weight is 387 g/mol. The lowest BCUT2D eigenvalue weighted by Gasteiger charge is -2.18. The molecule has 1 saturated heterocycles. The molecule has 6 heteroatoms. The number of rotatable bonds is 6. The Hall–Kier alpha value is -2.18. The molecule has 0 spiro atoms. The SMILES string of the molecule is O=C(O)/C=C\C(=O)O.c1c2c(c(COCN3CCCC3)c3c1CCC3)CCC2. The lowest BCUT2D eigenvalue weighted by atomic mass is 9.95. The number of fused-ring (bicyclic) bond motifs is 2. The summed E-state index contributed by atoms with van der Waals surface area (Å²) >= 11 is 0. The molecule has 0 atom stereocenters. The molecule has 1 aromatic rings. The van der Waals surface area contributed by atoms with Crippen LogP contribution in [0, 0.1) is 0 Å². The Morgan fingerprint density at radius 3 is 1.93 bits per heavy atom. The van der Waals surface area contributed by atoms with E-state index >= 15 is 0 Å². The third-order valence-corrected chi connectivity index (χ3v) is 5.69. The molecule has 0 radical (unpaired) electrons. The number of benzene rings is 1. The van der Waals surface area contributed by atoms with Gasteiger partial charge in [0.15, 0.2) is 0 Å². The molecule has 0 unspecified atom stereocenters. The van der Waals surface area contributed by atoms with E-state index in [1.165, 1.54) is 64.5 Å². The van der Waals surface area contributed by atoms with Crippen LogP contribution < -0.4 is 0 Å². The van der Waals surface area contributed by atoms with Crippen LogP contribution in [0.3, 0.4) is 0 Å². The zero-order chi connectivity index (χ0) is 19.9. The normalized spacial score (nSPS) is 18.0. The second-order valence-corrected chi connectivity index (χ2v) is 7.65. The molecule has 0 bridgehead atoms. The van der Waals surface area contributed by atoms with Crippen LogP contribution in [0.2, 0.25) is 0 Å². The van der Waals surface area contributed by atoms with Gasteiger partial charge in [-0.3, -0.25) is 4.90 Å². The largest absolute Gasteiger partial charge is 0.478 e. The highest BCUT2D eigenvalue weighted by Gasteiger charge is 2.24. The Bertz CT molecular complexity index is 702. The lowest BCUT2D eigenvalue weighted by Crippen LogP contribution is -2.22. The Kier molecular flexibility index (Phi) is 7.23. The van der Waals surface area contributed by atoms with Crippen molar-refractivity contribution in [3.63, 3.8) is 0 Å². The van der Waals surface area contributed by atoms with Gasteiger partial charge in [-0.1, -0.05) is 6.07 Å². The number of carboxylic acids is 2. The van der Waals surface area contributed by atoms with Crippen LogP contribution >= 0.6 is 0 Å². The highest BCUT2D eigenvalue weighted by atomic mass is 16.5. The molecule has 1 aliphatic heterocycles. The molecule has 4 rings (SSSR count). The van der Waals surface area contributed by atoms with E-state index < -0.39 is 11.9 Å². The fourth-order valence-electron chi connectivity index (χ4n) is 4.44. The number of hydrogen-bond acceptors (Lipinski definition) is 4. The number of hydrogen-bond donors (Lipinski definition) is 2. The van der Waals surface area contributed by atoms with Crippen LogP contribution in [-0.4, -0.2) is 46.9 Å². The van der Waals surface area contributed by atoms with Crippen molar-refractivity contribution < 1.29 is 24.5 Å². The first-order chi connectivity index (χ1) is 13.5. The van der Waals surface area contributed by atoms with E-state index in [0.29, 0.717) is 12.2 Å². The first kappa shape index (κ1) is 20.6. The average Bonchev–Trinajstić information content (AvgIpc) is 3.41. The van der Waals surface area contributed by atoms with E-state index in [9.17, 15) is 9.59 Å². The molecular formula is C22H29NO5. The topological polar surface area (TPSA) is 87.1 Å². The van der Waals surface area contributed by atoms with Gasteiger partial charge in [-0.25, -0.2) is 9.59 Å². The summed E-state index contributed by atoms with van der Waals surface area (Å²) < 4.78 is 6.08. The minimum Gasteiger partial charge on any atom is -0.478 e. The first-order valence-corrected chi connectivity index (χ1v) is 10.1. The minimum absolute atomic E-state index is 0.558. The van der Waals surface area contributed by atoms with Crippen LogP contribution in [0.15, 0.2) is 18.2 Å². The Balaban J connectivity index is 0.000000242. The highest BCUT2D eigenvalue weighted by Crippen LogP contribution is 2.35. The van der Waals surface area contributed by atoms with Crippen molar-refractivity contribution in [1.29, 1.82) is 0 Å². The van der Waals surface area contributed by atoms with E-state index in [2.05, 4.69) is 11.0 Å². The van der Waals surface area contributed by atoms with Gasteiger partial charge in [0.25, 0.3) is 0 Å². The molecule has 152 valence electrons. The maximum Gasteiger partial charge on any atom is 0.328 e. The van der Waals surface area contributed by atoms with Gasteiger partial charge in [0.1, 0.15) is 0 Å². The smallest absolute Gasteiger partial charge is 0.328 e. The van der Waals surface area contributed by atoms with Crippen molar-refractivity contribution in [2.24, 2.45) is 0 Å². The van der Waals surface area contributed by atoms with E-state index in [0.717, 1.165) is 13.3 Å². The van der Waals surface area contributed by atoms with E-state index in [1.54, 1.807) is 27.8 Å². The van der Waals surface area contributed by atoms with Gasteiger partial charge >= 0.3 is 11.9 Å². The van der Waals surface area contributed by atoms with Gasteiger partial charge in [-0.05, 0) is 79.2 Å². The molecule has 2 N–H and O–H groups in total. The summed E-state index contributed by atoms with van der Waals surface area (Å²) in [4.78, 5) is 21.6. The number of carbonyl (C=O) groups is 2. The minimum atomic E-state index is -1.26. The van der Waals surface area contributed by atoms with Gasteiger partial charge in [-0.15, -0.1) is 0 Å². The Morgan fingerprint density at radius 2 is 1.43 bits per heavy atom. The van der Waals surface area contributed by atoms with Gasteiger partial charge < -0.3 is 14.9 Å². The second kappa shape index (κ2) is 9.85. The van der Waals surface area contributed by atoms with Crippen molar-refractivity contribution in [2.75, 3.05) is 19.8 Å². The first-order valence-electron chi connectivity index (χ1n) is 10.1. The van der Waals surface area contributed by atoms with Gasteiger partial charge in [0.2, 0.25) is 0 Å². The molecule has 1 fully saturated rings. The van der Waals surface area contributed by atoms with Crippen LogP contribution in [0.5, 0.6) is 0 Å². The van der Waals surface area contributed by atoms with Crippen molar-refractivity contribution in [1.82, 2.24) is 4.90 Å². The van der Waals surface area contributed by atoms with Crippen LogP contribution in [0.25, 0.3) is 0 Å². The number of likely N-dealkylation sites (tertiary alicyclic amines) is 1. The van der Waals surface area contributed by atoms with Crippen molar-refractivity contribution in [3.8, 4) is 0 Å². The van der Waals surface area contributed by atoms with Crippen molar-refractivity contribution >= 4 is 11.9 Å². The van der Waals surface area contributed by atoms with E-state index in [4.69, 9.17) is 14.9 Å². The van der Waals surface area contributed by atoms with Gasteiger partial charge in [-0.2, -0.15) is 0 Å². The van der Waals surface area contributed by atoms with Gasteiger partial charge in [0.05, 0.1) is 13.3 Å². The molecule has 28 heavy (non-hydrogen) atoms. The third-order valence-electron chi connectivity index (χ3n) is 5.69. The fourth-order valence-corrected chi connectivity index (χ4v) is 4.44. The summed E-state index contributed by atoms with van der Waals surface area (Å²) in [6.07, 6.45) is 11.7. The number of aryl methyl sites for hydroxylation is 2. The molecule has 0 amide bonds.